The first kappa shape index (κ1) is 21.2. The monoisotopic (exact) mass is 410 g/mol. The Kier molecular flexibility index (Phi) is 6.25. The van der Waals surface area contributed by atoms with Gasteiger partial charge in [0.05, 0.1) is 6.54 Å². The second kappa shape index (κ2) is 8.86. The summed E-state index contributed by atoms with van der Waals surface area (Å²) >= 11 is 0. The minimum Gasteiger partial charge on any atom is -0.348 e. The van der Waals surface area contributed by atoms with Crippen LogP contribution in [0.25, 0.3) is 5.69 Å². The van der Waals surface area contributed by atoms with Crippen LogP contribution >= 0.6 is 0 Å². The van der Waals surface area contributed by atoms with Crippen molar-refractivity contribution in [1.82, 2.24) is 19.7 Å². The lowest BCUT2D eigenvalue weighted by molar-refractivity contribution is 0.0929. The van der Waals surface area contributed by atoms with Crippen LogP contribution in [0.2, 0.25) is 0 Å². The molecule has 1 heterocycles. The molecule has 8 heteroatoms. The fraction of sp³-hybridized carbons (Fsp3) is 0.273. The molecule has 30 heavy (non-hydrogen) atoms. The number of amides is 1. The van der Waals surface area contributed by atoms with Crippen LogP contribution in [0.1, 0.15) is 41.9 Å². The van der Waals surface area contributed by atoms with E-state index in [0.29, 0.717) is 12.0 Å². The Morgan fingerprint density at radius 2 is 1.90 bits per heavy atom. The average Bonchev–Trinajstić information content (AvgIpc) is 2.72. The Morgan fingerprint density at radius 3 is 2.57 bits per heavy atom. The van der Waals surface area contributed by atoms with E-state index in [-0.39, 0.29) is 18.3 Å². The molecule has 0 saturated heterocycles. The smallest absolute Gasteiger partial charge is 0.348 e. The lowest BCUT2D eigenvalue weighted by Gasteiger charge is -2.14. The van der Waals surface area contributed by atoms with Gasteiger partial charge in [0, 0.05) is 6.04 Å². The highest BCUT2D eigenvalue weighted by atomic mass is 19.1. The zero-order chi connectivity index (χ0) is 21.8. The molecule has 0 unspecified atom stereocenters. The van der Waals surface area contributed by atoms with Crippen LogP contribution in [0.4, 0.5) is 4.39 Å². The zero-order valence-electron chi connectivity index (χ0n) is 17.1. The van der Waals surface area contributed by atoms with Crippen molar-refractivity contribution >= 4 is 5.91 Å². The van der Waals surface area contributed by atoms with Gasteiger partial charge in [-0.15, -0.1) is 0 Å². The van der Waals surface area contributed by atoms with Crippen LogP contribution in [-0.4, -0.2) is 26.3 Å². The molecule has 0 aliphatic rings. The second-order valence-electron chi connectivity index (χ2n) is 7.16. The van der Waals surface area contributed by atoms with Gasteiger partial charge < -0.3 is 5.32 Å². The number of nitrogens with one attached hydrogen (secondary N) is 1. The molecule has 0 saturated carbocycles. The van der Waals surface area contributed by atoms with E-state index in [1.165, 1.54) is 18.2 Å². The molecule has 1 amide bonds. The van der Waals surface area contributed by atoms with Crippen LogP contribution in [0.3, 0.4) is 0 Å². The minimum atomic E-state index is -0.827. The maximum atomic E-state index is 14.4. The van der Waals surface area contributed by atoms with Crippen molar-refractivity contribution in [3.05, 3.63) is 92.0 Å². The van der Waals surface area contributed by atoms with E-state index in [9.17, 15) is 18.8 Å². The summed E-state index contributed by atoms with van der Waals surface area (Å²) in [6.07, 6.45) is 0.649. The number of hydrogen-bond acceptors (Lipinski definition) is 4. The molecule has 3 aromatic rings. The highest BCUT2D eigenvalue weighted by Crippen LogP contribution is 2.10. The number of carbonyl (C=O) groups excluding carboxylic acids is 1. The summed E-state index contributed by atoms with van der Waals surface area (Å²) in [6, 6.07) is 12.7. The van der Waals surface area contributed by atoms with Crippen LogP contribution in [0.15, 0.2) is 58.1 Å². The number of carbonyl (C=O) groups is 1. The second-order valence-corrected chi connectivity index (χ2v) is 7.16. The number of aryl methyl sites for hydroxylation is 1. The number of nitrogens with zero attached hydrogens (tertiary/aromatic N) is 3. The van der Waals surface area contributed by atoms with Crippen molar-refractivity contribution in [3.8, 4) is 5.69 Å². The highest BCUT2D eigenvalue weighted by Gasteiger charge is 2.22. The van der Waals surface area contributed by atoms with Crippen molar-refractivity contribution in [1.29, 1.82) is 0 Å². The van der Waals surface area contributed by atoms with Gasteiger partial charge in [-0.25, -0.2) is 9.18 Å². The molecular weight excluding hydrogens is 387 g/mol. The third-order valence-electron chi connectivity index (χ3n) is 4.77. The molecule has 0 fully saturated rings. The first-order chi connectivity index (χ1) is 14.3. The Bertz CT molecular complexity index is 1200. The van der Waals surface area contributed by atoms with Gasteiger partial charge in [0.1, 0.15) is 11.5 Å². The van der Waals surface area contributed by atoms with Crippen LogP contribution in [-0.2, 0) is 6.54 Å². The lowest BCUT2D eigenvalue weighted by atomic mass is 10.1. The molecule has 2 aromatic carbocycles. The fourth-order valence-electron chi connectivity index (χ4n) is 2.96. The number of rotatable bonds is 6. The van der Waals surface area contributed by atoms with E-state index in [4.69, 9.17) is 0 Å². The van der Waals surface area contributed by atoms with E-state index in [2.05, 4.69) is 10.4 Å². The van der Waals surface area contributed by atoms with Crippen LogP contribution in [0, 0.1) is 12.7 Å². The Labute approximate surface area is 172 Å². The summed E-state index contributed by atoms with van der Waals surface area (Å²) in [5.74, 6) is -1.40. The van der Waals surface area contributed by atoms with Gasteiger partial charge in [-0.3, -0.25) is 14.2 Å². The Morgan fingerprint density at radius 1 is 1.17 bits per heavy atom. The molecule has 0 aliphatic heterocycles. The fourth-order valence-corrected chi connectivity index (χ4v) is 2.96. The SMILES string of the molecule is CC[C@H](C)NC(=O)c1nn(-c2ccccc2F)c(=O)n(Cc2cccc(C)c2)c1=O. The van der Waals surface area contributed by atoms with Crippen molar-refractivity contribution in [3.63, 3.8) is 0 Å². The number of benzene rings is 2. The third-order valence-corrected chi connectivity index (χ3v) is 4.77. The summed E-state index contributed by atoms with van der Waals surface area (Å²) < 4.78 is 16.0. The summed E-state index contributed by atoms with van der Waals surface area (Å²) in [7, 11) is 0. The van der Waals surface area contributed by atoms with Gasteiger partial charge in [0.2, 0.25) is 5.69 Å². The van der Waals surface area contributed by atoms with Gasteiger partial charge in [-0.05, 0) is 38.0 Å². The van der Waals surface area contributed by atoms with Gasteiger partial charge >= 0.3 is 5.69 Å². The van der Waals surface area contributed by atoms with E-state index in [1.807, 2.05) is 32.0 Å². The van der Waals surface area contributed by atoms with E-state index in [0.717, 1.165) is 14.8 Å². The molecule has 3 rings (SSSR count). The summed E-state index contributed by atoms with van der Waals surface area (Å²) in [5, 5.41) is 6.60. The first-order valence-electron chi connectivity index (χ1n) is 9.67. The predicted octanol–water partition coefficient (Wildman–Crippen LogP) is 2.42. The number of halogens is 1. The van der Waals surface area contributed by atoms with Gasteiger partial charge in [0.25, 0.3) is 11.5 Å². The first-order valence-corrected chi connectivity index (χ1v) is 9.67. The molecule has 1 N–H and O–H groups in total. The molecule has 0 aliphatic carbocycles. The Hall–Kier alpha value is -3.55. The largest absolute Gasteiger partial charge is 0.352 e. The summed E-state index contributed by atoms with van der Waals surface area (Å²) in [5.41, 5.74) is -0.599. The predicted molar refractivity (Wildman–Crippen MR) is 112 cm³/mol. The number of aromatic nitrogens is 3. The average molecular weight is 410 g/mol. The summed E-state index contributed by atoms with van der Waals surface area (Å²) in [4.78, 5) is 38.7. The molecular formula is C22H23FN4O3. The normalized spacial score (nSPS) is 11.9. The molecule has 7 nitrogen and oxygen atoms in total. The molecule has 0 radical (unpaired) electrons. The molecule has 1 aromatic heterocycles. The molecule has 1 atom stereocenters. The van der Waals surface area contributed by atoms with Crippen LogP contribution < -0.4 is 16.6 Å². The standard InChI is InChI=1S/C22H23FN4O3/c1-4-15(3)24-20(28)19-21(29)26(13-16-9-7-8-14(2)12-16)22(30)27(25-19)18-11-6-5-10-17(18)23/h5-12,15H,4,13H2,1-3H3,(H,24,28)/t15-/m0/s1. The van der Waals surface area contributed by atoms with Crippen molar-refractivity contribution < 1.29 is 9.18 Å². The third kappa shape index (κ3) is 4.37. The highest BCUT2D eigenvalue weighted by molar-refractivity contribution is 5.91. The minimum absolute atomic E-state index is 0.0695. The van der Waals surface area contributed by atoms with E-state index >= 15 is 0 Å². The summed E-state index contributed by atoms with van der Waals surface area (Å²) in [6.45, 7) is 5.49. The lowest BCUT2D eigenvalue weighted by Crippen LogP contribution is -2.47. The zero-order valence-corrected chi connectivity index (χ0v) is 17.1. The van der Waals surface area contributed by atoms with E-state index < -0.39 is 28.7 Å². The topological polar surface area (TPSA) is 86.0 Å². The molecule has 156 valence electrons. The number of para-hydroxylation sites is 1. The Balaban J connectivity index is 2.22. The van der Waals surface area contributed by atoms with Gasteiger partial charge in [-0.1, -0.05) is 48.9 Å². The molecule has 0 bridgehead atoms. The maximum Gasteiger partial charge on any atom is 0.352 e. The van der Waals surface area contributed by atoms with Gasteiger partial charge in [0.15, 0.2) is 0 Å². The quantitative estimate of drug-likeness (QED) is 0.676. The molecule has 0 spiro atoms. The van der Waals surface area contributed by atoms with Crippen molar-refractivity contribution in [2.75, 3.05) is 0 Å². The number of hydrogen-bond donors (Lipinski definition) is 1. The van der Waals surface area contributed by atoms with E-state index in [1.54, 1.807) is 19.1 Å². The van der Waals surface area contributed by atoms with Crippen LogP contribution in [0.5, 0.6) is 0 Å². The van der Waals surface area contributed by atoms with Gasteiger partial charge in [-0.2, -0.15) is 9.78 Å². The van der Waals surface area contributed by atoms with Crippen molar-refractivity contribution in [2.24, 2.45) is 0 Å². The van der Waals surface area contributed by atoms with Crippen molar-refractivity contribution in [2.45, 2.75) is 39.8 Å². The maximum absolute atomic E-state index is 14.4.